The Kier molecular flexibility index (Phi) is 5.89. The highest BCUT2D eigenvalue weighted by atomic mass is 35.5. The van der Waals surface area contributed by atoms with Crippen LogP contribution in [-0.4, -0.2) is 46.8 Å². The van der Waals surface area contributed by atoms with E-state index in [1.165, 1.54) is 11.1 Å². The average Bonchev–Trinajstić information content (AvgIpc) is 3.04. The fourth-order valence-electron chi connectivity index (χ4n) is 3.00. The predicted molar refractivity (Wildman–Crippen MR) is 100 cm³/mol. The van der Waals surface area contributed by atoms with E-state index in [0.29, 0.717) is 6.54 Å². The Morgan fingerprint density at radius 2 is 2.28 bits per heavy atom. The molecule has 25 heavy (non-hydrogen) atoms. The van der Waals surface area contributed by atoms with Crippen molar-refractivity contribution in [3.63, 3.8) is 0 Å². The minimum absolute atomic E-state index is 0.0281. The molecule has 2 aromatic rings. The molecule has 0 fully saturated rings. The van der Waals surface area contributed by atoms with Gasteiger partial charge in [-0.1, -0.05) is 29.8 Å². The smallest absolute Gasteiger partial charge is 0.216 e. The third-order valence-corrected chi connectivity index (χ3v) is 4.57. The molecule has 0 spiro atoms. The van der Waals surface area contributed by atoms with Crippen LogP contribution in [0.25, 0.3) is 5.57 Å². The number of hydrogen-bond acceptors (Lipinski definition) is 3. The summed E-state index contributed by atoms with van der Waals surface area (Å²) in [5.41, 5.74) is 3.67. The molecule has 5 nitrogen and oxygen atoms in total. The van der Waals surface area contributed by atoms with E-state index in [0.717, 1.165) is 43.2 Å². The minimum atomic E-state index is 0.0281. The van der Waals surface area contributed by atoms with Gasteiger partial charge in [0.2, 0.25) is 5.91 Å². The van der Waals surface area contributed by atoms with E-state index in [4.69, 9.17) is 11.6 Å². The molecule has 0 saturated carbocycles. The van der Waals surface area contributed by atoms with Crippen LogP contribution in [0.2, 0.25) is 5.02 Å². The van der Waals surface area contributed by atoms with Crippen LogP contribution in [0.5, 0.6) is 0 Å². The van der Waals surface area contributed by atoms with Gasteiger partial charge in [0.15, 0.2) is 0 Å². The van der Waals surface area contributed by atoms with E-state index in [9.17, 15) is 4.79 Å². The van der Waals surface area contributed by atoms with E-state index in [1.54, 1.807) is 6.92 Å². The standard InChI is InChI=1S/C19H23ClN4O/c1-15(25)21-7-10-23-8-5-17(6-9-23)18-12-22-24(14-18)13-16-3-2-4-19(20)11-16/h2-5,11-12,14H,6-10,13H2,1H3,(H,21,25). The number of nitrogens with zero attached hydrogens (tertiary/aromatic N) is 3. The van der Waals surface area contributed by atoms with Crippen molar-refractivity contribution in [2.75, 3.05) is 26.2 Å². The Morgan fingerprint density at radius 3 is 3.00 bits per heavy atom. The van der Waals surface area contributed by atoms with Crippen molar-refractivity contribution >= 4 is 23.1 Å². The van der Waals surface area contributed by atoms with Crippen molar-refractivity contribution in [1.82, 2.24) is 20.0 Å². The Morgan fingerprint density at radius 1 is 1.40 bits per heavy atom. The first-order valence-electron chi connectivity index (χ1n) is 8.53. The van der Waals surface area contributed by atoms with Crippen molar-refractivity contribution in [1.29, 1.82) is 0 Å². The number of aromatic nitrogens is 2. The number of carbonyl (C=O) groups excluding carboxylic acids is 1. The van der Waals surface area contributed by atoms with Gasteiger partial charge in [-0.2, -0.15) is 5.10 Å². The number of hydrogen-bond donors (Lipinski definition) is 1. The largest absolute Gasteiger partial charge is 0.355 e. The monoisotopic (exact) mass is 358 g/mol. The molecule has 0 saturated heterocycles. The van der Waals surface area contributed by atoms with Crippen LogP contribution in [0.15, 0.2) is 42.7 Å². The molecule has 0 radical (unpaired) electrons. The molecule has 1 amide bonds. The first kappa shape index (κ1) is 17.7. The molecule has 6 heteroatoms. The highest BCUT2D eigenvalue weighted by Gasteiger charge is 2.14. The zero-order valence-electron chi connectivity index (χ0n) is 14.4. The van der Waals surface area contributed by atoms with Crippen LogP contribution in [0.4, 0.5) is 0 Å². The van der Waals surface area contributed by atoms with Crippen molar-refractivity contribution in [3.05, 3.63) is 58.9 Å². The third-order valence-electron chi connectivity index (χ3n) is 4.33. The van der Waals surface area contributed by atoms with Crippen LogP contribution in [0.1, 0.15) is 24.5 Å². The summed E-state index contributed by atoms with van der Waals surface area (Å²) < 4.78 is 1.95. The topological polar surface area (TPSA) is 50.2 Å². The van der Waals surface area contributed by atoms with Crippen LogP contribution < -0.4 is 5.32 Å². The molecule has 1 N–H and O–H groups in total. The normalized spacial score (nSPS) is 15.0. The predicted octanol–water partition coefficient (Wildman–Crippen LogP) is 2.81. The Hall–Kier alpha value is -2.11. The Bertz CT molecular complexity index is 768. The molecule has 1 aliphatic heterocycles. The highest BCUT2D eigenvalue weighted by Crippen LogP contribution is 2.22. The average molecular weight is 359 g/mol. The molecular weight excluding hydrogens is 336 g/mol. The molecular formula is C19H23ClN4O. The number of carbonyl (C=O) groups is 1. The maximum Gasteiger partial charge on any atom is 0.216 e. The first-order chi connectivity index (χ1) is 12.1. The highest BCUT2D eigenvalue weighted by molar-refractivity contribution is 6.30. The van der Waals surface area contributed by atoms with Gasteiger partial charge in [-0.15, -0.1) is 0 Å². The number of benzene rings is 1. The van der Waals surface area contributed by atoms with E-state index in [2.05, 4.69) is 33.7 Å². The number of nitrogens with one attached hydrogen (secondary N) is 1. The van der Waals surface area contributed by atoms with Crippen LogP contribution in [-0.2, 0) is 11.3 Å². The Balaban J connectivity index is 1.56. The van der Waals surface area contributed by atoms with Gasteiger partial charge in [-0.3, -0.25) is 14.4 Å². The van der Waals surface area contributed by atoms with E-state index < -0.39 is 0 Å². The van der Waals surface area contributed by atoms with Crippen LogP contribution >= 0.6 is 11.6 Å². The molecule has 1 aromatic carbocycles. The zero-order chi connectivity index (χ0) is 17.6. The fourth-order valence-corrected chi connectivity index (χ4v) is 3.22. The van der Waals surface area contributed by atoms with Gasteiger partial charge in [0.05, 0.1) is 12.7 Å². The van der Waals surface area contributed by atoms with Crippen LogP contribution in [0.3, 0.4) is 0 Å². The third kappa shape index (κ3) is 5.18. The summed E-state index contributed by atoms with van der Waals surface area (Å²) in [7, 11) is 0. The zero-order valence-corrected chi connectivity index (χ0v) is 15.2. The van der Waals surface area contributed by atoms with E-state index in [-0.39, 0.29) is 5.91 Å². The first-order valence-corrected chi connectivity index (χ1v) is 8.91. The van der Waals surface area contributed by atoms with Crippen LogP contribution in [0, 0.1) is 0 Å². The molecule has 132 valence electrons. The summed E-state index contributed by atoms with van der Waals surface area (Å²) in [6.07, 6.45) is 7.30. The second-order valence-corrected chi connectivity index (χ2v) is 6.76. The minimum Gasteiger partial charge on any atom is -0.355 e. The van der Waals surface area contributed by atoms with Crippen molar-refractivity contribution in [2.45, 2.75) is 19.9 Å². The molecule has 0 aliphatic carbocycles. The van der Waals surface area contributed by atoms with Gasteiger partial charge < -0.3 is 5.32 Å². The van der Waals surface area contributed by atoms with Gasteiger partial charge in [-0.25, -0.2) is 0 Å². The van der Waals surface area contributed by atoms with Gasteiger partial charge in [0.25, 0.3) is 0 Å². The second kappa shape index (κ2) is 8.32. The van der Waals surface area contributed by atoms with Gasteiger partial charge in [-0.05, 0) is 29.7 Å². The lowest BCUT2D eigenvalue weighted by Gasteiger charge is -2.25. The molecule has 0 bridgehead atoms. The Labute approximate surface area is 153 Å². The lowest BCUT2D eigenvalue weighted by molar-refractivity contribution is -0.119. The molecule has 1 aliphatic rings. The molecule has 0 atom stereocenters. The van der Waals surface area contributed by atoms with Gasteiger partial charge in [0.1, 0.15) is 0 Å². The summed E-state index contributed by atoms with van der Waals surface area (Å²) in [6, 6.07) is 7.86. The number of amides is 1. The summed E-state index contributed by atoms with van der Waals surface area (Å²) in [6.45, 7) is 5.78. The van der Waals surface area contributed by atoms with Crippen molar-refractivity contribution < 1.29 is 4.79 Å². The number of rotatable bonds is 6. The second-order valence-electron chi connectivity index (χ2n) is 6.32. The van der Waals surface area contributed by atoms with E-state index >= 15 is 0 Å². The fraction of sp³-hybridized carbons (Fsp3) is 0.368. The molecule has 0 unspecified atom stereocenters. The quantitative estimate of drug-likeness (QED) is 0.863. The summed E-state index contributed by atoms with van der Waals surface area (Å²) in [5, 5.41) is 8.07. The van der Waals surface area contributed by atoms with Gasteiger partial charge >= 0.3 is 0 Å². The summed E-state index contributed by atoms with van der Waals surface area (Å²) in [4.78, 5) is 13.3. The molecule has 3 rings (SSSR count). The maximum atomic E-state index is 10.9. The maximum absolute atomic E-state index is 10.9. The van der Waals surface area contributed by atoms with Crippen molar-refractivity contribution in [2.24, 2.45) is 0 Å². The summed E-state index contributed by atoms with van der Waals surface area (Å²) >= 11 is 6.04. The number of halogens is 1. The summed E-state index contributed by atoms with van der Waals surface area (Å²) in [5.74, 6) is 0.0281. The van der Waals surface area contributed by atoms with E-state index in [1.807, 2.05) is 29.1 Å². The SMILES string of the molecule is CC(=O)NCCN1CC=C(c2cnn(Cc3cccc(Cl)c3)c2)CC1. The lowest BCUT2D eigenvalue weighted by Crippen LogP contribution is -2.36. The van der Waals surface area contributed by atoms with Crippen molar-refractivity contribution in [3.8, 4) is 0 Å². The molecule has 2 heterocycles. The molecule has 1 aromatic heterocycles. The lowest BCUT2D eigenvalue weighted by atomic mass is 10.0. The van der Waals surface area contributed by atoms with Gasteiger partial charge in [0, 0.05) is 49.9 Å².